The van der Waals surface area contributed by atoms with Crippen molar-refractivity contribution in [2.45, 2.75) is 45.3 Å². The second-order valence-electron chi connectivity index (χ2n) is 6.30. The summed E-state index contributed by atoms with van der Waals surface area (Å²) in [5, 5.41) is 0. The zero-order chi connectivity index (χ0) is 15.1. The van der Waals surface area contributed by atoms with Crippen LogP contribution in [0.15, 0.2) is 12.4 Å². The standard InChI is InChI=1S/C15H22N4O2/c1-10(2)13-15(21)18-7-4-5-11(18)14(20)19(13)9-12-16-6-8-17(12)3/h6,8,10-11,13H,4-5,7,9H2,1-3H3. The molecule has 0 bridgehead atoms. The lowest BCUT2D eigenvalue weighted by Crippen LogP contribution is -2.64. The van der Waals surface area contributed by atoms with Gasteiger partial charge in [-0.3, -0.25) is 9.59 Å². The van der Waals surface area contributed by atoms with E-state index in [9.17, 15) is 9.59 Å². The van der Waals surface area contributed by atoms with E-state index in [1.165, 1.54) is 0 Å². The Hall–Kier alpha value is -1.85. The van der Waals surface area contributed by atoms with Crippen LogP contribution in [-0.2, 0) is 23.2 Å². The first-order valence-electron chi connectivity index (χ1n) is 7.58. The zero-order valence-electron chi connectivity index (χ0n) is 12.8. The van der Waals surface area contributed by atoms with Crippen molar-refractivity contribution in [3.05, 3.63) is 18.2 Å². The molecule has 0 N–H and O–H groups in total. The molecular formula is C15H22N4O2. The Labute approximate surface area is 124 Å². The van der Waals surface area contributed by atoms with Crippen molar-refractivity contribution in [1.29, 1.82) is 0 Å². The van der Waals surface area contributed by atoms with Gasteiger partial charge < -0.3 is 14.4 Å². The summed E-state index contributed by atoms with van der Waals surface area (Å²) >= 11 is 0. The Kier molecular flexibility index (Phi) is 3.47. The zero-order valence-corrected chi connectivity index (χ0v) is 12.8. The summed E-state index contributed by atoms with van der Waals surface area (Å²) in [5.74, 6) is 1.09. The third-order valence-electron chi connectivity index (χ3n) is 4.56. The van der Waals surface area contributed by atoms with Gasteiger partial charge >= 0.3 is 0 Å². The molecule has 0 aromatic carbocycles. The molecule has 2 fully saturated rings. The van der Waals surface area contributed by atoms with Crippen molar-refractivity contribution >= 4 is 11.8 Å². The Morgan fingerprint density at radius 3 is 2.71 bits per heavy atom. The van der Waals surface area contributed by atoms with Crippen LogP contribution in [0.1, 0.15) is 32.5 Å². The van der Waals surface area contributed by atoms with Crippen LogP contribution in [0, 0.1) is 5.92 Å². The molecule has 0 spiro atoms. The van der Waals surface area contributed by atoms with E-state index in [2.05, 4.69) is 4.98 Å². The van der Waals surface area contributed by atoms with Crippen LogP contribution < -0.4 is 0 Å². The third-order valence-corrected chi connectivity index (χ3v) is 4.56. The van der Waals surface area contributed by atoms with E-state index in [0.29, 0.717) is 13.1 Å². The number of fused-ring (bicyclic) bond motifs is 1. The van der Waals surface area contributed by atoms with Gasteiger partial charge in [-0.25, -0.2) is 4.98 Å². The molecule has 6 heteroatoms. The number of amides is 2. The Morgan fingerprint density at radius 2 is 2.10 bits per heavy atom. The maximum atomic E-state index is 12.8. The summed E-state index contributed by atoms with van der Waals surface area (Å²) in [6.45, 7) is 5.12. The number of carbonyl (C=O) groups excluding carboxylic acids is 2. The molecule has 3 heterocycles. The highest BCUT2D eigenvalue weighted by Crippen LogP contribution is 2.30. The Balaban J connectivity index is 1.92. The number of rotatable bonds is 3. The molecule has 1 aromatic heterocycles. The van der Waals surface area contributed by atoms with E-state index >= 15 is 0 Å². The fraction of sp³-hybridized carbons (Fsp3) is 0.667. The van der Waals surface area contributed by atoms with Crippen LogP contribution in [0.25, 0.3) is 0 Å². The first-order chi connectivity index (χ1) is 10.0. The highest BCUT2D eigenvalue weighted by atomic mass is 16.2. The highest BCUT2D eigenvalue weighted by Gasteiger charge is 2.48. The van der Waals surface area contributed by atoms with Crippen LogP contribution in [0.2, 0.25) is 0 Å². The molecule has 0 aliphatic carbocycles. The molecule has 3 rings (SSSR count). The topological polar surface area (TPSA) is 58.4 Å². The first-order valence-corrected chi connectivity index (χ1v) is 7.58. The van der Waals surface area contributed by atoms with Gasteiger partial charge in [0.1, 0.15) is 17.9 Å². The smallest absolute Gasteiger partial charge is 0.246 e. The molecule has 2 aliphatic heterocycles. The van der Waals surface area contributed by atoms with E-state index in [1.807, 2.05) is 31.7 Å². The molecule has 2 atom stereocenters. The average Bonchev–Trinajstić information content (AvgIpc) is 3.05. The molecule has 2 aliphatic rings. The Bertz CT molecular complexity index is 566. The summed E-state index contributed by atoms with van der Waals surface area (Å²) in [6.07, 6.45) is 5.28. The van der Waals surface area contributed by atoms with Crippen LogP contribution in [0.3, 0.4) is 0 Å². The Morgan fingerprint density at radius 1 is 1.33 bits per heavy atom. The number of aryl methyl sites for hydroxylation is 1. The van der Waals surface area contributed by atoms with Gasteiger partial charge in [-0.05, 0) is 18.8 Å². The quantitative estimate of drug-likeness (QED) is 0.826. The summed E-state index contributed by atoms with van der Waals surface area (Å²) in [5.41, 5.74) is 0. The van der Waals surface area contributed by atoms with Crippen molar-refractivity contribution in [3.8, 4) is 0 Å². The average molecular weight is 290 g/mol. The van der Waals surface area contributed by atoms with Crippen molar-refractivity contribution in [3.63, 3.8) is 0 Å². The highest BCUT2D eigenvalue weighted by molar-refractivity contribution is 5.97. The van der Waals surface area contributed by atoms with Gasteiger partial charge in [-0.2, -0.15) is 0 Å². The maximum absolute atomic E-state index is 12.8. The van der Waals surface area contributed by atoms with Gasteiger partial charge in [-0.15, -0.1) is 0 Å². The number of imidazole rings is 1. The minimum atomic E-state index is -0.372. The molecule has 6 nitrogen and oxygen atoms in total. The predicted octanol–water partition coefficient (Wildman–Crippen LogP) is 0.778. The number of carbonyl (C=O) groups is 2. The first kappa shape index (κ1) is 14.1. The van der Waals surface area contributed by atoms with E-state index < -0.39 is 0 Å². The normalized spacial score (nSPS) is 25.9. The molecule has 2 amide bonds. The number of nitrogens with zero attached hydrogens (tertiary/aromatic N) is 4. The lowest BCUT2D eigenvalue weighted by Gasteiger charge is -2.43. The van der Waals surface area contributed by atoms with Gasteiger partial charge in [0.2, 0.25) is 11.8 Å². The van der Waals surface area contributed by atoms with Crippen molar-refractivity contribution < 1.29 is 9.59 Å². The molecule has 2 unspecified atom stereocenters. The van der Waals surface area contributed by atoms with Crippen molar-refractivity contribution in [1.82, 2.24) is 19.4 Å². The monoisotopic (exact) mass is 290 g/mol. The number of aromatic nitrogens is 2. The molecule has 2 saturated heterocycles. The van der Waals surface area contributed by atoms with E-state index in [0.717, 1.165) is 18.7 Å². The van der Waals surface area contributed by atoms with Crippen LogP contribution >= 0.6 is 0 Å². The molecule has 21 heavy (non-hydrogen) atoms. The summed E-state index contributed by atoms with van der Waals surface area (Å²) in [4.78, 5) is 33.3. The van der Waals surface area contributed by atoms with Crippen LogP contribution in [0.5, 0.6) is 0 Å². The van der Waals surface area contributed by atoms with Gasteiger partial charge in [0, 0.05) is 26.0 Å². The molecule has 0 saturated carbocycles. The van der Waals surface area contributed by atoms with E-state index in [1.54, 1.807) is 16.0 Å². The van der Waals surface area contributed by atoms with Crippen LogP contribution in [-0.4, -0.2) is 49.8 Å². The lowest BCUT2D eigenvalue weighted by molar-refractivity contribution is -0.162. The van der Waals surface area contributed by atoms with E-state index in [4.69, 9.17) is 0 Å². The van der Waals surface area contributed by atoms with Crippen molar-refractivity contribution in [2.75, 3.05) is 6.54 Å². The fourth-order valence-corrected chi connectivity index (χ4v) is 3.44. The number of hydrogen-bond acceptors (Lipinski definition) is 3. The summed E-state index contributed by atoms with van der Waals surface area (Å²) in [7, 11) is 1.91. The van der Waals surface area contributed by atoms with Gasteiger partial charge in [0.25, 0.3) is 0 Å². The molecule has 114 valence electrons. The maximum Gasteiger partial charge on any atom is 0.246 e. The summed E-state index contributed by atoms with van der Waals surface area (Å²) < 4.78 is 1.90. The SMILES string of the molecule is CC(C)C1C(=O)N2CCCC2C(=O)N1Cc1nccn1C. The largest absolute Gasteiger partial charge is 0.337 e. The van der Waals surface area contributed by atoms with Gasteiger partial charge in [-0.1, -0.05) is 13.8 Å². The van der Waals surface area contributed by atoms with E-state index in [-0.39, 0.29) is 29.8 Å². The molecule has 0 radical (unpaired) electrons. The minimum Gasteiger partial charge on any atom is -0.337 e. The minimum absolute atomic E-state index is 0.0776. The van der Waals surface area contributed by atoms with Crippen LogP contribution in [0.4, 0.5) is 0 Å². The second-order valence-corrected chi connectivity index (χ2v) is 6.30. The molecule has 1 aromatic rings. The lowest BCUT2D eigenvalue weighted by atomic mass is 9.96. The van der Waals surface area contributed by atoms with Gasteiger partial charge in [0.15, 0.2) is 0 Å². The fourth-order valence-electron chi connectivity index (χ4n) is 3.44. The second kappa shape index (κ2) is 5.16. The van der Waals surface area contributed by atoms with Crippen molar-refractivity contribution in [2.24, 2.45) is 13.0 Å². The number of piperazine rings is 1. The third kappa shape index (κ3) is 2.22. The number of hydrogen-bond donors (Lipinski definition) is 0. The predicted molar refractivity (Wildman–Crippen MR) is 77.1 cm³/mol. The summed E-state index contributed by atoms with van der Waals surface area (Å²) in [6, 6.07) is -0.628. The van der Waals surface area contributed by atoms with Gasteiger partial charge in [0.05, 0.1) is 6.54 Å². The molecular weight excluding hydrogens is 268 g/mol.